The lowest BCUT2D eigenvalue weighted by molar-refractivity contribution is 0.483. The lowest BCUT2D eigenvalue weighted by Crippen LogP contribution is -2.33. The predicted molar refractivity (Wildman–Crippen MR) is 135 cm³/mol. The van der Waals surface area contributed by atoms with E-state index in [1.807, 2.05) is 47.6 Å². The van der Waals surface area contributed by atoms with Crippen LogP contribution in [0.4, 0.5) is 0 Å². The third-order valence-electron chi connectivity index (χ3n) is 5.14. The molecular weight excluding hydrogens is 509 g/mol. The summed E-state index contributed by atoms with van der Waals surface area (Å²) in [4.78, 5) is 31.7. The van der Waals surface area contributed by atoms with Crippen LogP contribution in [0, 0.1) is 18.3 Å². The number of H-pyrrole nitrogens is 1. The number of pyridine rings is 1. The average molecular weight is 522 g/mol. The standard InChI is InChI=1S/C24H13Cl2N5O3S/c1-12-7-19(21-3-2-6-35-21)28-18-5-4-14(10-15(12)18)34-22-16(25)8-13(9-17(22)26)31-24(33)29-23(32)20(11-27)30-31/h2-10H,1H3,(H,29,32,33). The molecule has 5 aromatic rings. The number of aryl methyl sites for hydroxylation is 1. The van der Waals surface area contributed by atoms with Gasteiger partial charge in [0.15, 0.2) is 5.75 Å². The Morgan fingerprint density at radius 3 is 2.57 bits per heavy atom. The topological polar surface area (TPSA) is 114 Å². The number of aromatic amines is 1. The molecule has 35 heavy (non-hydrogen) atoms. The van der Waals surface area contributed by atoms with Gasteiger partial charge in [0.1, 0.15) is 11.8 Å². The molecule has 8 nitrogen and oxygen atoms in total. The zero-order valence-corrected chi connectivity index (χ0v) is 20.2. The van der Waals surface area contributed by atoms with Crippen LogP contribution in [0.2, 0.25) is 10.0 Å². The largest absolute Gasteiger partial charge is 0.454 e. The number of ether oxygens (including phenoxy) is 1. The van der Waals surface area contributed by atoms with E-state index >= 15 is 0 Å². The summed E-state index contributed by atoms with van der Waals surface area (Å²) >= 11 is 14.5. The number of nitriles is 1. The third-order valence-corrected chi connectivity index (χ3v) is 6.60. The maximum Gasteiger partial charge on any atom is 0.349 e. The lowest BCUT2D eigenvalue weighted by atomic mass is 10.1. The number of halogens is 2. The molecule has 5 rings (SSSR count). The summed E-state index contributed by atoms with van der Waals surface area (Å²) in [6.45, 7) is 2.00. The number of nitrogens with zero attached hydrogens (tertiary/aromatic N) is 4. The van der Waals surface area contributed by atoms with Gasteiger partial charge in [0.25, 0.3) is 5.56 Å². The fraction of sp³-hybridized carbons (Fsp3) is 0.0417. The Morgan fingerprint density at radius 2 is 1.89 bits per heavy atom. The van der Waals surface area contributed by atoms with Gasteiger partial charge in [0.05, 0.1) is 31.8 Å². The molecular formula is C24H13Cl2N5O3S. The van der Waals surface area contributed by atoms with E-state index in [1.54, 1.807) is 23.5 Å². The van der Waals surface area contributed by atoms with Crippen LogP contribution >= 0.6 is 34.5 Å². The summed E-state index contributed by atoms with van der Waals surface area (Å²) in [6, 6.07) is 15.9. The minimum atomic E-state index is -0.880. The Balaban J connectivity index is 1.51. The fourth-order valence-electron chi connectivity index (χ4n) is 3.52. The van der Waals surface area contributed by atoms with Gasteiger partial charge in [-0.3, -0.25) is 9.78 Å². The first-order valence-corrected chi connectivity index (χ1v) is 11.7. The van der Waals surface area contributed by atoms with E-state index in [9.17, 15) is 9.59 Å². The van der Waals surface area contributed by atoms with Gasteiger partial charge in [0.2, 0.25) is 5.69 Å². The second kappa shape index (κ2) is 9.00. The molecule has 0 saturated heterocycles. The molecule has 0 fully saturated rings. The van der Waals surface area contributed by atoms with Crippen LogP contribution in [-0.4, -0.2) is 19.7 Å². The first-order valence-electron chi connectivity index (χ1n) is 10.1. The molecule has 0 spiro atoms. The highest BCUT2D eigenvalue weighted by molar-refractivity contribution is 7.13. The summed E-state index contributed by atoms with van der Waals surface area (Å²) in [5, 5.41) is 15.9. The van der Waals surface area contributed by atoms with Gasteiger partial charge in [-0.2, -0.15) is 9.94 Å². The molecule has 0 bridgehead atoms. The molecule has 0 saturated carbocycles. The van der Waals surface area contributed by atoms with Gasteiger partial charge in [-0.15, -0.1) is 16.4 Å². The van der Waals surface area contributed by atoms with Crippen LogP contribution in [0.5, 0.6) is 11.5 Å². The second-order valence-electron chi connectivity index (χ2n) is 7.45. The van der Waals surface area contributed by atoms with Crippen molar-refractivity contribution in [1.82, 2.24) is 19.7 Å². The van der Waals surface area contributed by atoms with Crippen LogP contribution in [0.15, 0.2) is 63.5 Å². The number of rotatable bonds is 4. The number of benzene rings is 2. The molecule has 3 heterocycles. The zero-order valence-electron chi connectivity index (χ0n) is 17.9. The van der Waals surface area contributed by atoms with Crippen LogP contribution in [0.3, 0.4) is 0 Å². The Hall–Kier alpha value is -3.97. The maximum absolute atomic E-state index is 12.2. The van der Waals surface area contributed by atoms with E-state index in [2.05, 4.69) is 5.10 Å². The number of fused-ring (bicyclic) bond motifs is 1. The number of thiophene rings is 1. The zero-order chi connectivity index (χ0) is 24.7. The van der Waals surface area contributed by atoms with Gasteiger partial charge in [0, 0.05) is 5.39 Å². The molecule has 0 aliphatic heterocycles. The van der Waals surface area contributed by atoms with Crippen LogP contribution in [-0.2, 0) is 0 Å². The highest BCUT2D eigenvalue weighted by Gasteiger charge is 2.16. The van der Waals surface area contributed by atoms with E-state index in [1.165, 1.54) is 12.1 Å². The van der Waals surface area contributed by atoms with Crippen molar-refractivity contribution >= 4 is 45.4 Å². The Morgan fingerprint density at radius 1 is 1.11 bits per heavy atom. The smallest absolute Gasteiger partial charge is 0.349 e. The van der Waals surface area contributed by atoms with E-state index in [0.29, 0.717) is 5.75 Å². The Kier molecular flexibility index (Phi) is 5.86. The minimum absolute atomic E-state index is 0.105. The molecule has 3 aromatic heterocycles. The maximum atomic E-state index is 12.2. The van der Waals surface area contributed by atoms with Crippen LogP contribution in [0.1, 0.15) is 11.3 Å². The van der Waals surface area contributed by atoms with E-state index in [4.69, 9.17) is 38.2 Å². The molecule has 0 unspecified atom stereocenters. The molecule has 0 atom stereocenters. The SMILES string of the molecule is Cc1cc(-c2cccs2)nc2ccc(Oc3c(Cl)cc(-n4nc(C#N)c(=O)[nH]c4=O)cc3Cl)cc12. The second-order valence-corrected chi connectivity index (χ2v) is 9.21. The molecule has 0 radical (unpaired) electrons. The number of aromatic nitrogens is 4. The van der Waals surface area contributed by atoms with Crippen LogP contribution < -0.4 is 16.0 Å². The van der Waals surface area contributed by atoms with Crippen molar-refractivity contribution in [2.75, 3.05) is 0 Å². The summed E-state index contributed by atoms with van der Waals surface area (Å²) in [6.07, 6.45) is 0. The molecule has 0 aliphatic rings. The minimum Gasteiger partial charge on any atom is -0.454 e. The normalized spacial score (nSPS) is 10.9. The highest BCUT2D eigenvalue weighted by Crippen LogP contribution is 2.39. The molecule has 1 N–H and O–H groups in total. The molecule has 0 aliphatic carbocycles. The average Bonchev–Trinajstić information content (AvgIpc) is 3.37. The van der Waals surface area contributed by atoms with Crippen molar-refractivity contribution < 1.29 is 4.74 Å². The van der Waals surface area contributed by atoms with Gasteiger partial charge in [-0.25, -0.2) is 9.78 Å². The van der Waals surface area contributed by atoms with Crippen LogP contribution in [0.25, 0.3) is 27.2 Å². The first kappa shape index (κ1) is 22.8. The van der Waals surface area contributed by atoms with Crippen molar-refractivity contribution in [1.29, 1.82) is 5.26 Å². The first-order chi connectivity index (χ1) is 16.8. The molecule has 0 amide bonds. The van der Waals surface area contributed by atoms with E-state index < -0.39 is 16.9 Å². The Bertz CT molecular complexity index is 1750. The molecule has 172 valence electrons. The highest BCUT2D eigenvalue weighted by atomic mass is 35.5. The van der Waals surface area contributed by atoms with Crippen molar-refractivity contribution in [2.45, 2.75) is 6.92 Å². The van der Waals surface area contributed by atoms with Crippen molar-refractivity contribution in [2.24, 2.45) is 0 Å². The van der Waals surface area contributed by atoms with Gasteiger partial charge >= 0.3 is 5.69 Å². The number of nitrogens with one attached hydrogen (secondary N) is 1. The van der Waals surface area contributed by atoms with Gasteiger partial charge in [-0.1, -0.05) is 29.3 Å². The van der Waals surface area contributed by atoms with Gasteiger partial charge in [-0.05, 0) is 60.3 Å². The number of hydrogen-bond donors (Lipinski definition) is 1. The lowest BCUT2D eigenvalue weighted by Gasteiger charge is -2.13. The quantitative estimate of drug-likeness (QED) is 0.335. The van der Waals surface area contributed by atoms with Crippen molar-refractivity contribution in [3.63, 3.8) is 0 Å². The van der Waals surface area contributed by atoms with E-state index in [0.717, 1.165) is 31.7 Å². The predicted octanol–water partition coefficient (Wildman–Crippen LogP) is 5.48. The fourth-order valence-corrected chi connectivity index (χ4v) is 4.76. The molecule has 11 heteroatoms. The van der Waals surface area contributed by atoms with E-state index in [-0.39, 0.29) is 21.5 Å². The van der Waals surface area contributed by atoms with Gasteiger partial charge < -0.3 is 4.74 Å². The molecule has 2 aromatic carbocycles. The van der Waals surface area contributed by atoms with Crippen molar-refractivity contribution in [3.05, 3.63) is 96.1 Å². The summed E-state index contributed by atoms with van der Waals surface area (Å²) in [7, 11) is 0. The van der Waals surface area contributed by atoms with Crippen molar-refractivity contribution in [3.8, 4) is 33.8 Å². The summed E-state index contributed by atoms with van der Waals surface area (Å²) < 4.78 is 6.81. The monoisotopic (exact) mass is 521 g/mol. The Labute approximate surface area is 211 Å². The summed E-state index contributed by atoms with van der Waals surface area (Å²) in [5.74, 6) is 0.671. The summed E-state index contributed by atoms with van der Waals surface area (Å²) in [5.41, 5.74) is 0.734. The third kappa shape index (κ3) is 4.31. The number of hydrogen-bond acceptors (Lipinski definition) is 7.